The number of nitrogens with zero attached hydrogens (tertiary/aromatic N) is 6. The fourth-order valence-electron chi connectivity index (χ4n) is 1.31. The molecule has 0 spiro atoms. The molecule has 7 nitrogen and oxygen atoms in total. The van der Waals surface area contributed by atoms with Gasteiger partial charge in [0, 0.05) is 24.2 Å². The van der Waals surface area contributed by atoms with E-state index in [0.29, 0.717) is 16.3 Å². The summed E-state index contributed by atoms with van der Waals surface area (Å²) in [4.78, 5) is 16.4. The first-order valence-corrected chi connectivity index (χ1v) is 6.42. The molecule has 0 radical (unpaired) electrons. The van der Waals surface area contributed by atoms with Crippen LogP contribution in [0.5, 0.6) is 0 Å². The van der Waals surface area contributed by atoms with Gasteiger partial charge in [-0.05, 0) is 24.6 Å². The number of hydrogen-bond acceptors (Lipinski definition) is 7. The minimum absolute atomic E-state index is 0.0891. The van der Waals surface area contributed by atoms with Gasteiger partial charge in [-0.25, -0.2) is 9.67 Å². The largest absolute Gasteiger partial charge is 0.439 e. The van der Waals surface area contributed by atoms with Crippen molar-refractivity contribution in [2.75, 3.05) is 0 Å². The molecule has 0 aliphatic carbocycles. The van der Waals surface area contributed by atoms with E-state index in [2.05, 4.69) is 25.0 Å². The number of rotatable bonds is 3. The van der Waals surface area contributed by atoms with Crippen molar-refractivity contribution in [2.45, 2.75) is 17.3 Å². The van der Waals surface area contributed by atoms with Crippen LogP contribution in [0.25, 0.3) is 5.95 Å². The first-order valence-electron chi connectivity index (χ1n) is 5.22. The van der Waals surface area contributed by atoms with Crippen molar-refractivity contribution >= 4 is 23.4 Å². The van der Waals surface area contributed by atoms with Crippen molar-refractivity contribution in [3.8, 4) is 5.95 Å². The lowest BCUT2D eigenvalue weighted by molar-refractivity contribution is 0.453. The summed E-state index contributed by atoms with van der Waals surface area (Å²) in [6.45, 7) is 1.84. The molecule has 3 rings (SSSR count). The topological polar surface area (TPSA) is 82.5 Å². The van der Waals surface area contributed by atoms with Crippen molar-refractivity contribution in [3.05, 3.63) is 35.7 Å². The maximum atomic E-state index is 5.87. The SMILES string of the molecule is Cc1coc(Sc2nc(Cl)nc(-n3cccn3)n2)n1. The third kappa shape index (κ3) is 2.74. The molecule has 19 heavy (non-hydrogen) atoms. The number of halogens is 1. The zero-order valence-corrected chi connectivity index (χ0v) is 11.3. The number of aryl methyl sites for hydroxylation is 1. The highest BCUT2D eigenvalue weighted by molar-refractivity contribution is 7.98. The maximum Gasteiger partial charge on any atom is 0.263 e. The van der Waals surface area contributed by atoms with Gasteiger partial charge in [-0.3, -0.25) is 0 Å². The molecule has 0 atom stereocenters. The molecule has 0 aromatic carbocycles. The summed E-state index contributed by atoms with van der Waals surface area (Å²) >= 11 is 7.04. The molecular weight excluding hydrogens is 288 g/mol. The van der Waals surface area contributed by atoms with E-state index < -0.39 is 0 Å². The average molecular weight is 295 g/mol. The average Bonchev–Trinajstić information content (AvgIpc) is 3.00. The van der Waals surface area contributed by atoms with Gasteiger partial charge in [0.2, 0.25) is 10.4 Å². The van der Waals surface area contributed by atoms with Crippen LogP contribution in [0.4, 0.5) is 0 Å². The van der Waals surface area contributed by atoms with Crippen LogP contribution in [0.15, 0.2) is 39.5 Å². The Morgan fingerprint density at radius 2 is 2.16 bits per heavy atom. The predicted molar refractivity (Wildman–Crippen MR) is 67.3 cm³/mol. The third-order valence-corrected chi connectivity index (χ3v) is 2.96. The van der Waals surface area contributed by atoms with Crippen molar-refractivity contribution in [1.29, 1.82) is 0 Å². The molecule has 0 unspecified atom stereocenters. The molecule has 3 aromatic rings. The fraction of sp³-hybridized carbons (Fsp3) is 0.100. The Bertz CT molecular complexity index is 698. The summed E-state index contributed by atoms with van der Waals surface area (Å²) in [7, 11) is 0. The molecule has 9 heteroatoms. The first-order chi connectivity index (χ1) is 9.20. The van der Waals surface area contributed by atoms with E-state index in [9.17, 15) is 0 Å². The molecule has 0 N–H and O–H groups in total. The predicted octanol–water partition coefficient (Wildman–Crippen LogP) is 2.16. The zero-order chi connectivity index (χ0) is 13.2. The molecule has 3 heterocycles. The van der Waals surface area contributed by atoms with Gasteiger partial charge in [0.1, 0.15) is 6.26 Å². The van der Waals surface area contributed by atoms with Crippen molar-refractivity contribution < 1.29 is 4.42 Å². The third-order valence-electron chi connectivity index (χ3n) is 2.06. The molecule has 0 aliphatic heterocycles. The fourth-order valence-corrected chi connectivity index (χ4v) is 2.22. The van der Waals surface area contributed by atoms with Gasteiger partial charge in [-0.15, -0.1) is 0 Å². The Labute approximate surface area is 117 Å². The smallest absolute Gasteiger partial charge is 0.263 e. The van der Waals surface area contributed by atoms with Gasteiger partial charge in [0.05, 0.1) is 5.69 Å². The molecule has 0 aliphatic rings. The van der Waals surface area contributed by atoms with E-state index in [-0.39, 0.29) is 5.28 Å². The van der Waals surface area contributed by atoms with Crippen LogP contribution in [0.1, 0.15) is 5.69 Å². The molecule has 0 saturated carbocycles. The Hall–Kier alpha value is -1.93. The minimum Gasteiger partial charge on any atom is -0.439 e. The van der Waals surface area contributed by atoms with E-state index in [1.165, 1.54) is 16.4 Å². The second-order valence-electron chi connectivity index (χ2n) is 3.49. The van der Waals surface area contributed by atoms with Gasteiger partial charge >= 0.3 is 0 Å². The maximum absolute atomic E-state index is 5.87. The highest BCUT2D eigenvalue weighted by Gasteiger charge is 2.11. The lowest BCUT2D eigenvalue weighted by Crippen LogP contribution is -2.04. The van der Waals surface area contributed by atoms with Crippen LogP contribution >= 0.6 is 23.4 Å². The second kappa shape index (κ2) is 4.98. The van der Waals surface area contributed by atoms with Crippen molar-refractivity contribution in [2.24, 2.45) is 0 Å². The summed E-state index contributed by atoms with van der Waals surface area (Å²) in [5.74, 6) is 0.343. The lowest BCUT2D eigenvalue weighted by Gasteiger charge is -2.01. The number of oxazole rings is 1. The Morgan fingerprint density at radius 1 is 1.26 bits per heavy atom. The van der Waals surface area contributed by atoms with Gasteiger partial charge in [-0.2, -0.15) is 20.1 Å². The van der Waals surface area contributed by atoms with Gasteiger partial charge < -0.3 is 4.42 Å². The summed E-state index contributed by atoms with van der Waals surface area (Å²) in [5, 5.41) is 4.97. The van der Waals surface area contributed by atoms with Gasteiger partial charge in [-0.1, -0.05) is 0 Å². The number of hydrogen-bond donors (Lipinski definition) is 0. The molecule has 0 bridgehead atoms. The first kappa shape index (κ1) is 12.1. The highest BCUT2D eigenvalue weighted by Crippen LogP contribution is 2.24. The van der Waals surface area contributed by atoms with Crippen LogP contribution in [0, 0.1) is 6.92 Å². The molecule has 0 saturated heterocycles. The van der Waals surface area contributed by atoms with Crippen LogP contribution in [-0.2, 0) is 0 Å². The number of aromatic nitrogens is 6. The van der Waals surface area contributed by atoms with Crippen LogP contribution < -0.4 is 0 Å². The van der Waals surface area contributed by atoms with Crippen LogP contribution in [-0.4, -0.2) is 29.7 Å². The van der Waals surface area contributed by atoms with E-state index in [0.717, 1.165) is 5.69 Å². The van der Waals surface area contributed by atoms with Crippen molar-refractivity contribution in [3.63, 3.8) is 0 Å². The van der Waals surface area contributed by atoms with E-state index >= 15 is 0 Å². The molecular formula is C10H7ClN6OS. The quantitative estimate of drug-likeness (QED) is 0.732. The Balaban J connectivity index is 1.94. The summed E-state index contributed by atoms with van der Waals surface area (Å²) in [5.41, 5.74) is 0.787. The molecule has 96 valence electrons. The molecule has 0 fully saturated rings. The van der Waals surface area contributed by atoms with Crippen molar-refractivity contribution in [1.82, 2.24) is 29.7 Å². The second-order valence-corrected chi connectivity index (χ2v) is 4.75. The summed E-state index contributed by atoms with van der Waals surface area (Å²) < 4.78 is 6.72. The van der Waals surface area contributed by atoms with Gasteiger partial charge in [0.15, 0.2) is 0 Å². The summed E-state index contributed by atoms with van der Waals surface area (Å²) in [6, 6.07) is 1.77. The lowest BCUT2D eigenvalue weighted by atomic mass is 10.6. The standard InChI is InChI=1S/C10H7ClN6OS/c1-6-5-18-10(13-6)19-9-15-7(11)14-8(16-9)17-4-2-3-12-17/h2-5H,1H3. The Kier molecular flexibility index (Phi) is 3.18. The minimum atomic E-state index is 0.0891. The van der Waals surface area contributed by atoms with Crippen LogP contribution in [0.2, 0.25) is 5.28 Å². The monoisotopic (exact) mass is 294 g/mol. The molecule has 0 amide bonds. The molecule has 3 aromatic heterocycles. The Morgan fingerprint density at radius 3 is 2.84 bits per heavy atom. The highest BCUT2D eigenvalue weighted by atomic mass is 35.5. The van der Waals surface area contributed by atoms with E-state index in [1.54, 1.807) is 24.7 Å². The van der Waals surface area contributed by atoms with E-state index in [4.69, 9.17) is 16.0 Å². The van der Waals surface area contributed by atoms with Crippen LogP contribution in [0.3, 0.4) is 0 Å². The zero-order valence-electron chi connectivity index (χ0n) is 9.69. The summed E-state index contributed by atoms with van der Waals surface area (Å²) in [6.07, 6.45) is 4.90. The normalized spacial score (nSPS) is 10.8. The van der Waals surface area contributed by atoms with E-state index in [1.807, 2.05) is 6.92 Å². The van der Waals surface area contributed by atoms with Gasteiger partial charge in [0.25, 0.3) is 11.2 Å².